The molecule has 10 heteroatoms. The van der Waals surface area contributed by atoms with Gasteiger partial charge in [0.15, 0.2) is 0 Å². The number of carbonyl (C=O) groups excluding carboxylic acids is 2. The first-order chi connectivity index (χ1) is 18.7. The number of hydrogen-bond donors (Lipinski definition) is 3. The number of carbonyl (C=O) groups is 2. The molecule has 0 saturated heterocycles. The van der Waals surface area contributed by atoms with Crippen molar-refractivity contribution in [1.82, 2.24) is 15.2 Å². The number of nitrogens with two attached hydrogens (primary N) is 2. The molecule has 0 aliphatic heterocycles. The van der Waals surface area contributed by atoms with Gasteiger partial charge in [0.25, 0.3) is 5.91 Å². The predicted molar refractivity (Wildman–Crippen MR) is 152 cm³/mol. The van der Waals surface area contributed by atoms with E-state index in [1.54, 1.807) is 59.8 Å². The molecule has 0 saturated carbocycles. The van der Waals surface area contributed by atoms with E-state index in [1.807, 2.05) is 26.0 Å². The van der Waals surface area contributed by atoms with Crippen LogP contribution >= 0.6 is 11.6 Å². The van der Waals surface area contributed by atoms with Gasteiger partial charge in [0.1, 0.15) is 12.4 Å². The van der Waals surface area contributed by atoms with Crippen LogP contribution in [0.25, 0.3) is 0 Å². The number of halogens is 1. The maximum atomic E-state index is 13.1. The minimum atomic E-state index is -0.456. The number of rotatable bonds is 13. The van der Waals surface area contributed by atoms with Gasteiger partial charge in [0.05, 0.1) is 11.6 Å². The van der Waals surface area contributed by atoms with Gasteiger partial charge in [-0.15, -0.1) is 0 Å². The third kappa shape index (κ3) is 9.77. The Bertz CT molecular complexity index is 1220. The summed E-state index contributed by atoms with van der Waals surface area (Å²) < 4.78 is 11.4. The van der Waals surface area contributed by atoms with Crippen LogP contribution in [-0.2, 0) is 17.9 Å². The highest BCUT2D eigenvalue weighted by Crippen LogP contribution is 2.25. The van der Waals surface area contributed by atoms with Crippen molar-refractivity contribution in [2.45, 2.75) is 33.4 Å². The second-order valence-electron chi connectivity index (χ2n) is 9.98. The van der Waals surface area contributed by atoms with Gasteiger partial charge in [-0.05, 0) is 59.9 Å². The number of aromatic nitrogens is 1. The Kier molecular flexibility index (Phi) is 11.0. The van der Waals surface area contributed by atoms with Gasteiger partial charge in [-0.25, -0.2) is 4.79 Å². The minimum absolute atomic E-state index is 0.108. The summed E-state index contributed by atoms with van der Waals surface area (Å²) in [5.74, 6) is 0.352. The number of benzene rings is 2. The van der Waals surface area contributed by atoms with E-state index in [2.05, 4.69) is 10.3 Å². The summed E-state index contributed by atoms with van der Waals surface area (Å²) in [6.07, 6.45) is 3.41. The van der Waals surface area contributed by atoms with Crippen LogP contribution in [0.4, 0.5) is 10.5 Å². The number of hydrogen-bond acceptors (Lipinski definition) is 7. The first-order valence-corrected chi connectivity index (χ1v) is 13.1. The molecule has 3 aromatic rings. The van der Waals surface area contributed by atoms with Gasteiger partial charge in [-0.1, -0.05) is 37.6 Å². The van der Waals surface area contributed by atoms with E-state index in [0.29, 0.717) is 61.2 Å². The molecule has 0 aliphatic rings. The molecule has 1 aromatic heterocycles. The van der Waals surface area contributed by atoms with Crippen LogP contribution in [0.3, 0.4) is 0 Å². The zero-order chi connectivity index (χ0) is 28.3. The number of anilines is 1. The number of amides is 2. The zero-order valence-electron chi connectivity index (χ0n) is 22.4. The molecular weight excluding hydrogens is 518 g/mol. The maximum Gasteiger partial charge on any atom is 0.410 e. The van der Waals surface area contributed by atoms with Crippen LogP contribution in [0, 0.1) is 5.41 Å². The van der Waals surface area contributed by atoms with E-state index < -0.39 is 11.5 Å². The summed E-state index contributed by atoms with van der Waals surface area (Å²) in [4.78, 5) is 31.4. The number of nitrogen functional groups attached to an aromatic ring is 1. The lowest BCUT2D eigenvalue weighted by Crippen LogP contribution is -2.45. The summed E-state index contributed by atoms with van der Waals surface area (Å²) in [6.45, 7) is 5.90. The van der Waals surface area contributed by atoms with Crippen LogP contribution in [0.1, 0.15) is 41.8 Å². The van der Waals surface area contributed by atoms with E-state index in [-0.39, 0.29) is 12.5 Å². The Hall–Kier alpha value is -3.82. The lowest BCUT2D eigenvalue weighted by molar-refractivity contribution is 0.0766. The highest BCUT2D eigenvalue weighted by molar-refractivity contribution is 6.32. The summed E-state index contributed by atoms with van der Waals surface area (Å²) in [5.41, 5.74) is 13.7. The Morgan fingerprint density at radius 3 is 2.54 bits per heavy atom. The van der Waals surface area contributed by atoms with Crippen molar-refractivity contribution in [1.29, 1.82) is 0 Å². The molecule has 1 heterocycles. The molecule has 0 aliphatic carbocycles. The van der Waals surface area contributed by atoms with E-state index in [4.69, 9.17) is 32.5 Å². The SMILES string of the molecule is CC(C)(CNC(=O)c1ccc(N)cc1)CN(CCCOc1ccc(CN)cc1Cl)C(=O)OCc1cccnc1. The van der Waals surface area contributed by atoms with Crippen molar-refractivity contribution >= 4 is 29.3 Å². The van der Waals surface area contributed by atoms with Gasteiger partial charge >= 0.3 is 6.09 Å². The third-order valence-electron chi connectivity index (χ3n) is 5.92. The Morgan fingerprint density at radius 1 is 1.10 bits per heavy atom. The van der Waals surface area contributed by atoms with Crippen LogP contribution in [0.2, 0.25) is 5.02 Å². The zero-order valence-corrected chi connectivity index (χ0v) is 23.1. The average molecular weight is 554 g/mol. The quantitative estimate of drug-likeness (QED) is 0.207. The van der Waals surface area contributed by atoms with Crippen molar-refractivity contribution in [3.05, 3.63) is 88.7 Å². The molecule has 3 rings (SSSR count). The Labute approximate surface area is 234 Å². The summed E-state index contributed by atoms with van der Waals surface area (Å²) in [6, 6.07) is 15.8. The number of pyridine rings is 1. The number of ether oxygens (including phenoxy) is 2. The van der Waals surface area contributed by atoms with Gasteiger partial charge in [0.2, 0.25) is 0 Å². The van der Waals surface area contributed by atoms with E-state index >= 15 is 0 Å². The molecule has 0 radical (unpaired) electrons. The monoisotopic (exact) mass is 553 g/mol. The highest BCUT2D eigenvalue weighted by atomic mass is 35.5. The fourth-order valence-corrected chi connectivity index (χ4v) is 4.07. The van der Waals surface area contributed by atoms with Gasteiger partial charge < -0.3 is 31.2 Å². The molecule has 5 N–H and O–H groups in total. The van der Waals surface area contributed by atoms with Crippen LogP contribution in [-0.4, -0.2) is 48.1 Å². The van der Waals surface area contributed by atoms with Gasteiger partial charge in [0, 0.05) is 55.4 Å². The van der Waals surface area contributed by atoms with Crippen LogP contribution < -0.4 is 21.5 Å². The topological polar surface area (TPSA) is 133 Å². The van der Waals surface area contributed by atoms with Crippen molar-refractivity contribution in [2.24, 2.45) is 11.1 Å². The summed E-state index contributed by atoms with van der Waals surface area (Å²) >= 11 is 6.29. The summed E-state index contributed by atoms with van der Waals surface area (Å²) in [7, 11) is 0. The molecule has 0 bridgehead atoms. The summed E-state index contributed by atoms with van der Waals surface area (Å²) in [5, 5.41) is 3.44. The van der Waals surface area contributed by atoms with Crippen molar-refractivity contribution in [3.8, 4) is 5.75 Å². The molecule has 0 atom stereocenters. The molecule has 39 heavy (non-hydrogen) atoms. The van der Waals surface area contributed by atoms with E-state index in [9.17, 15) is 9.59 Å². The standard InChI is InChI=1S/C29H36ClN5O4/c1-29(2,19-34-27(36)23-7-9-24(32)10-8-23)20-35(28(37)39-18-22-5-3-12-33-17-22)13-4-14-38-26-11-6-21(16-31)15-25(26)30/h3,5-12,15,17H,4,13-14,16,18-20,31-32H2,1-2H3,(H,34,36). The lowest BCUT2D eigenvalue weighted by Gasteiger charge is -2.32. The molecule has 0 spiro atoms. The maximum absolute atomic E-state index is 13.1. The fourth-order valence-electron chi connectivity index (χ4n) is 3.81. The predicted octanol–water partition coefficient (Wildman–Crippen LogP) is 4.64. The lowest BCUT2D eigenvalue weighted by atomic mass is 9.92. The van der Waals surface area contributed by atoms with Crippen LogP contribution in [0.5, 0.6) is 5.75 Å². The van der Waals surface area contributed by atoms with Crippen LogP contribution in [0.15, 0.2) is 67.0 Å². The average Bonchev–Trinajstić information content (AvgIpc) is 2.93. The second kappa shape index (κ2) is 14.4. The molecule has 2 amide bonds. The van der Waals surface area contributed by atoms with Crippen molar-refractivity contribution < 1.29 is 19.1 Å². The smallest absolute Gasteiger partial charge is 0.410 e. The second-order valence-corrected chi connectivity index (χ2v) is 10.4. The molecule has 9 nitrogen and oxygen atoms in total. The largest absolute Gasteiger partial charge is 0.492 e. The van der Waals surface area contributed by atoms with Crippen molar-refractivity contribution in [3.63, 3.8) is 0 Å². The van der Waals surface area contributed by atoms with Crippen molar-refractivity contribution in [2.75, 3.05) is 32.0 Å². The normalized spacial score (nSPS) is 11.1. The van der Waals surface area contributed by atoms with E-state index in [0.717, 1.165) is 11.1 Å². The van der Waals surface area contributed by atoms with Gasteiger partial charge in [-0.3, -0.25) is 9.78 Å². The third-order valence-corrected chi connectivity index (χ3v) is 6.22. The fraction of sp³-hybridized carbons (Fsp3) is 0.345. The van der Waals surface area contributed by atoms with Gasteiger partial charge in [-0.2, -0.15) is 0 Å². The molecule has 0 fully saturated rings. The minimum Gasteiger partial charge on any atom is -0.492 e. The van der Waals surface area contributed by atoms with E-state index in [1.165, 1.54) is 0 Å². The number of nitrogens with zero attached hydrogens (tertiary/aromatic N) is 2. The molecular formula is C29H36ClN5O4. The Balaban J connectivity index is 1.59. The molecule has 208 valence electrons. The molecule has 2 aromatic carbocycles. The first-order valence-electron chi connectivity index (χ1n) is 12.7. The highest BCUT2D eigenvalue weighted by Gasteiger charge is 2.27. The first kappa shape index (κ1) is 29.7. The Morgan fingerprint density at radius 2 is 1.87 bits per heavy atom. The number of nitrogens with one attached hydrogen (secondary N) is 1. The molecule has 0 unspecified atom stereocenters.